The van der Waals surface area contributed by atoms with Crippen LogP contribution in [0.2, 0.25) is 0 Å². The van der Waals surface area contributed by atoms with Gasteiger partial charge in [0.05, 0.1) is 7.11 Å². The highest BCUT2D eigenvalue weighted by molar-refractivity contribution is 5.14. The molecule has 0 aromatic carbocycles. The topological polar surface area (TPSA) is 52.8 Å². The second-order valence-corrected chi connectivity index (χ2v) is 2.35. The lowest BCUT2D eigenvalue weighted by molar-refractivity contribution is 0.393. The minimum absolute atomic E-state index is 0.533. The van der Waals surface area contributed by atoms with Gasteiger partial charge in [0.15, 0.2) is 0 Å². The average molecular weight is 176 g/mol. The SMILES string of the molecule is COc1ccn(-c2ncccn2)n1. The van der Waals surface area contributed by atoms with E-state index >= 15 is 0 Å². The van der Waals surface area contributed by atoms with Crippen LogP contribution in [0, 0.1) is 0 Å². The smallest absolute Gasteiger partial charge is 0.250 e. The van der Waals surface area contributed by atoms with Gasteiger partial charge >= 0.3 is 0 Å². The molecule has 0 aliphatic carbocycles. The van der Waals surface area contributed by atoms with E-state index in [1.807, 2.05) is 0 Å². The van der Waals surface area contributed by atoms with Gasteiger partial charge in [0.1, 0.15) is 0 Å². The Morgan fingerprint density at radius 2 is 2.08 bits per heavy atom. The lowest BCUT2D eigenvalue weighted by atomic mass is 10.7. The number of aromatic nitrogens is 4. The van der Waals surface area contributed by atoms with Gasteiger partial charge in [-0.2, -0.15) is 0 Å². The maximum atomic E-state index is 4.93. The summed E-state index contributed by atoms with van der Waals surface area (Å²) in [5.74, 6) is 1.08. The molecule has 0 saturated carbocycles. The number of nitrogens with zero attached hydrogens (tertiary/aromatic N) is 4. The molecule has 2 aromatic rings. The summed E-state index contributed by atoms with van der Waals surface area (Å²) in [7, 11) is 1.57. The van der Waals surface area contributed by atoms with E-state index in [1.165, 1.54) is 0 Å². The van der Waals surface area contributed by atoms with Gasteiger partial charge in [-0.1, -0.05) is 0 Å². The van der Waals surface area contributed by atoms with E-state index < -0.39 is 0 Å². The quantitative estimate of drug-likeness (QED) is 0.674. The van der Waals surface area contributed by atoms with Crippen LogP contribution in [-0.4, -0.2) is 26.9 Å². The summed E-state index contributed by atoms with van der Waals surface area (Å²) in [6.07, 6.45) is 5.07. The van der Waals surface area contributed by atoms with Gasteiger partial charge in [-0.05, 0) is 6.07 Å². The molecule has 0 atom stereocenters. The van der Waals surface area contributed by atoms with Gasteiger partial charge < -0.3 is 4.74 Å². The Morgan fingerprint density at radius 1 is 1.31 bits per heavy atom. The van der Waals surface area contributed by atoms with E-state index in [0.29, 0.717) is 11.8 Å². The predicted molar refractivity (Wildman–Crippen MR) is 45.7 cm³/mol. The lowest BCUT2D eigenvalue weighted by Gasteiger charge is -1.96. The average Bonchev–Trinajstić information content (AvgIpc) is 2.67. The van der Waals surface area contributed by atoms with Gasteiger partial charge in [-0.3, -0.25) is 0 Å². The van der Waals surface area contributed by atoms with Crippen LogP contribution in [0.5, 0.6) is 5.88 Å². The molecule has 5 heteroatoms. The Hall–Kier alpha value is -1.91. The highest BCUT2D eigenvalue weighted by atomic mass is 16.5. The van der Waals surface area contributed by atoms with Crippen molar-refractivity contribution in [3.63, 3.8) is 0 Å². The van der Waals surface area contributed by atoms with E-state index in [2.05, 4.69) is 15.1 Å². The molecule has 0 aliphatic heterocycles. The van der Waals surface area contributed by atoms with Crippen molar-refractivity contribution in [3.8, 4) is 11.8 Å². The molecule has 2 heterocycles. The van der Waals surface area contributed by atoms with E-state index in [1.54, 1.807) is 42.5 Å². The van der Waals surface area contributed by atoms with E-state index in [9.17, 15) is 0 Å². The van der Waals surface area contributed by atoms with Gasteiger partial charge in [0.25, 0.3) is 5.95 Å². The van der Waals surface area contributed by atoms with Crippen LogP contribution in [0.4, 0.5) is 0 Å². The molecular formula is C8H8N4O. The largest absolute Gasteiger partial charge is 0.480 e. The summed E-state index contributed by atoms with van der Waals surface area (Å²) in [6, 6.07) is 3.50. The third-order valence-corrected chi connectivity index (χ3v) is 1.53. The van der Waals surface area contributed by atoms with Crippen LogP contribution in [0.25, 0.3) is 5.95 Å². The molecule has 0 saturated heterocycles. The van der Waals surface area contributed by atoms with Crippen LogP contribution in [0.15, 0.2) is 30.7 Å². The van der Waals surface area contributed by atoms with Gasteiger partial charge in [0.2, 0.25) is 5.88 Å². The van der Waals surface area contributed by atoms with Crippen molar-refractivity contribution in [1.29, 1.82) is 0 Å². The number of ether oxygens (including phenoxy) is 1. The normalized spacial score (nSPS) is 9.92. The molecule has 0 fully saturated rings. The van der Waals surface area contributed by atoms with Crippen LogP contribution in [-0.2, 0) is 0 Å². The minimum atomic E-state index is 0.533. The van der Waals surface area contributed by atoms with Crippen LogP contribution >= 0.6 is 0 Å². The molecule has 0 aliphatic rings. The predicted octanol–water partition coefficient (Wildman–Crippen LogP) is 0.671. The maximum Gasteiger partial charge on any atom is 0.250 e. The first kappa shape index (κ1) is 7.72. The molecule has 5 nitrogen and oxygen atoms in total. The Bertz CT molecular complexity index is 384. The maximum absolute atomic E-state index is 4.93. The molecule has 2 aromatic heterocycles. The van der Waals surface area contributed by atoms with Gasteiger partial charge in [-0.25, -0.2) is 14.6 Å². The summed E-state index contributed by atoms with van der Waals surface area (Å²) >= 11 is 0. The number of hydrogen-bond donors (Lipinski definition) is 0. The second-order valence-electron chi connectivity index (χ2n) is 2.35. The number of methoxy groups -OCH3 is 1. The molecular weight excluding hydrogens is 168 g/mol. The lowest BCUT2D eigenvalue weighted by Crippen LogP contribution is -2.00. The van der Waals surface area contributed by atoms with Crippen LogP contribution < -0.4 is 4.74 Å². The Morgan fingerprint density at radius 3 is 2.69 bits per heavy atom. The Labute approximate surface area is 75.0 Å². The van der Waals surface area contributed by atoms with E-state index in [-0.39, 0.29) is 0 Å². The van der Waals surface area contributed by atoms with Crippen molar-refractivity contribution >= 4 is 0 Å². The zero-order chi connectivity index (χ0) is 9.10. The number of hydrogen-bond acceptors (Lipinski definition) is 4. The fraction of sp³-hybridized carbons (Fsp3) is 0.125. The van der Waals surface area contributed by atoms with Crippen molar-refractivity contribution in [1.82, 2.24) is 19.7 Å². The molecule has 0 amide bonds. The monoisotopic (exact) mass is 176 g/mol. The van der Waals surface area contributed by atoms with E-state index in [4.69, 9.17) is 4.74 Å². The summed E-state index contributed by atoms with van der Waals surface area (Å²) in [4.78, 5) is 8.06. The third kappa shape index (κ3) is 1.48. The van der Waals surface area contributed by atoms with Gasteiger partial charge in [0, 0.05) is 24.7 Å². The standard InChI is InChI=1S/C8H8N4O/c1-13-7-3-6-12(11-7)8-9-4-2-5-10-8/h2-6H,1H3. The first-order valence-electron chi connectivity index (χ1n) is 3.77. The van der Waals surface area contributed by atoms with Crippen molar-refractivity contribution in [2.45, 2.75) is 0 Å². The van der Waals surface area contributed by atoms with Crippen LogP contribution in [0.3, 0.4) is 0 Å². The highest BCUT2D eigenvalue weighted by Crippen LogP contribution is 2.06. The Kier molecular flexibility index (Phi) is 1.91. The fourth-order valence-corrected chi connectivity index (χ4v) is 0.937. The van der Waals surface area contributed by atoms with Crippen molar-refractivity contribution < 1.29 is 4.74 Å². The summed E-state index contributed by atoms with van der Waals surface area (Å²) < 4.78 is 6.48. The van der Waals surface area contributed by atoms with E-state index in [0.717, 1.165) is 0 Å². The fourth-order valence-electron chi connectivity index (χ4n) is 0.937. The molecule has 2 rings (SSSR count). The minimum Gasteiger partial charge on any atom is -0.480 e. The Balaban J connectivity index is 2.36. The number of rotatable bonds is 2. The summed E-state index contributed by atoms with van der Waals surface area (Å²) in [5.41, 5.74) is 0. The zero-order valence-corrected chi connectivity index (χ0v) is 7.08. The first-order chi connectivity index (χ1) is 6.40. The second kappa shape index (κ2) is 3.22. The molecule has 0 unspecified atom stereocenters. The highest BCUT2D eigenvalue weighted by Gasteiger charge is 2.00. The summed E-state index contributed by atoms with van der Waals surface area (Å²) in [6.45, 7) is 0. The van der Waals surface area contributed by atoms with Crippen molar-refractivity contribution in [3.05, 3.63) is 30.7 Å². The molecule has 0 spiro atoms. The molecule has 0 bridgehead atoms. The van der Waals surface area contributed by atoms with Crippen molar-refractivity contribution in [2.75, 3.05) is 7.11 Å². The van der Waals surface area contributed by atoms with Crippen molar-refractivity contribution in [2.24, 2.45) is 0 Å². The first-order valence-corrected chi connectivity index (χ1v) is 3.77. The van der Waals surface area contributed by atoms with Gasteiger partial charge in [-0.15, -0.1) is 5.10 Å². The molecule has 0 radical (unpaired) electrons. The molecule has 0 N–H and O–H groups in total. The zero-order valence-electron chi connectivity index (χ0n) is 7.08. The third-order valence-electron chi connectivity index (χ3n) is 1.53. The molecule has 13 heavy (non-hydrogen) atoms. The molecule has 66 valence electrons. The summed E-state index contributed by atoms with van der Waals surface area (Å²) in [5, 5.41) is 4.07. The van der Waals surface area contributed by atoms with Crippen LogP contribution in [0.1, 0.15) is 0 Å².